The third-order valence-corrected chi connectivity index (χ3v) is 6.58. The van der Waals surface area contributed by atoms with E-state index in [2.05, 4.69) is 12.0 Å². The van der Waals surface area contributed by atoms with E-state index >= 15 is 0 Å². The van der Waals surface area contributed by atoms with E-state index < -0.39 is 20.8 Å². The molecule has 2 aliphatic rings. The molecular formula is C17H22ClN3O3S. The summed E-state index contributed by atoms with van der Waals surface area (Å²) in [6, 6.07) is 4.42. The highest BCUT2D eigenvalue weighted by Gasteiger charge is 2.40. The number of sulfone groups is 1. The largest absolute Gasteiger partial charge is 0.337 e. The Labute approximate surface area is 153 Å². The average Bonchev–Trinajstić information content (AvgIpc) is 2.54. The van der Waals surface area contributed by atoms with Crippen LogP contribution in [0, 0.1) is 5.92 Å². The Balaban J connectivity index is 2.05. The molecule has 0 aromatic heterocycles. The van der Waals surface area contributed by atoms with Gasteiger partial charge in [0.25, 0.3) is 5.91 Å². The fourth-order valence-corrected chi connectivity index (χ4v) is 4.71. The van der Waals surface area contributed by atoms with Gasteiger partial charge in [-0.15, -0.1) is 0 Å². The standard InChI is InChI=1S/C17H22ClN3O3S/c1-11(2)21-14-10-13(18)4-5-15(14)25(23,24)16(19-21)17(22)20-8-6-12(3)7-9-20/h4-5,10-12H,6-9H2,1-3H3. The highest BCUT2D eigenvalue weighted by Crippen LogP contribution is 2.35. The van der Waals surface area contributed by atoms with Crippen molar-refractivity contribution in [3.8, 4) is 0 Å². The number of hydrogen-bond donors (Lipinski definition) is 0. The zero-order chi connectivity index (χ0) is 18.4. The maximum Gasteiger partial charge on any atom is 0.286 e. The van der Waals surface area contributed by atoms with E-state index in [0.717, 1.165) is 12.8 Å². The molecule has 1 aromatic carbocycles. The van der Waals surface area contributed by atoms with Crippen molar-refractivity contribution in [1.82, 2.24) is 4.90 Å². The molecule has 6 nitrogen and oxygen atoms in total. The minimum atomic E-state index is -3.97. The Morgan fingerprint density at radius 2 is 1.92 bits per heavy atom. The van der Waals surface area contributed by atoms with Crippen molar-refractivity contribution in [1.29, 1.82) is 0 Å². The van der Waals surface area contributed by atoms with Gasteiger partial charge in [-0.1, -0.05) is 18.5 Å². The molecule has 0 N–H and O–H groups in total. The van der Waals surface area contributed by atoms with Crippen LogP contribution >= 0.6 is 11.6 Å². The number of benzene rings is 1. The van der Waals surface area contributed by atoms with Gasteiger partial charge in [-0.05, 0) is 50.8 Å². The van der Waals surface area contributed by atoms with Gasteiger partial charge in [0.05, 0.1) is 10.6 Å². The molecule has 3 rings (SSSR count). The molecule has 1 amide bonds. The van der Waals surface area contributed by atoms with Crippen LogP contribution in [0.5, 0.6) is 0 Å². The van der Waals surface area contributed by atoms with E-state index in [1.165, 1.54) is 12.1 Å². The van der Waals surface area contributed by atoms with Crippen molar-refractivity contribution >= 4 is 38.1 Å². The van der Waals surface area contributed by atoms with Crippen molar-refractivity contribution in [2.75, 3.05) is 18.1 Å². The lowest BCUT2D eigenvalue weighted by atomic mass is 9.99. The molecule has 8 heteroatoms. The summed E-state index contributed by atoms with van der Waals surface area (Å²) < 4.78 is 26.0. The van der Waals surface area contributed by atoms with Crippen molar-refractivity contribution in [2.45, 2.75) is 44.6 Å². The van der Waals surface area contributed by atoms with Gasteiger partial charge in [-0.2, -0.15) is 5.10 Å². The number of anilines is 1. The monoisotopic (exact) mass is 383 g/mol. The Kier molecular flexibility index (Phi) is 4.81. The lowest BCUT2D eigenvalue weighted by Gasteiger charge is -2.34. The Morgan fingerprint density at radius 1 is 1.28 bits per heavy atom. The average molecular weight is 384 g/mol. The number of likely N-dealkylation sites (tertiary alicyclic amines) is 1. The number of amides is 1. The highest BCUT2D eigenvalue weighted by atomic mass is 35.5. The second-order valence-electron chi connectivity index (χ2n) is 6.93. The van der Waals surface area contributed by atoms with Gasteiger partial charge in [0, 0.05) is 24.2 Å². The summed E-state index contributed by atoms with van der Waals surface area (Å²) in [6.45, 7) is 7.03. The minimum Gasteiger partial charge on any atom is -0.337 e. The van der Waals surface area contributed by atoms with Gasteiger partial charge in [0.1, 0.15) is 0 Å². The van der Waals surface area contributed by atoms with E-state index in [9.17, 15) is 13.2 Å². The number of carbonyl (C=O) groups excluding carboxylic acids is 1. The Bertz CT molecular complexity index is 828. The van der Waals surface area contributed by atoms with Crippen molar-refractivity contribution in [3.63, 3.8) is 0 Å². The molecule has 1 fully saturated rings. The molecule has 1 aromatic rings. The molecule has 0 atom stereocenters. The van der Waals surface area contributed by atoms with Crippen LogP contribution in [0.3, 0.4) is 0 Å². The minimum absolute atomic E-state index is 0.0781. The fourth-order valence-electron chi connectivity index (χ4n) is 3.10. The van der Waals surface area contributed by atoms with Crippen LogP contribution in [-0.4, -0.2) is 43.4 Å². The summed E-state index contributed by atoms with van der Waals surface area (Å²) in [7, 11) is -3.97. The highest BCUT2D eigenvalue weighted by molar-refractivity contribution is 8.08. The summed E-state index contributed by atoms with van der Waals surface area (Å²) in [4.78, 5) is 14.6. The van der Waals surface area contributed by atoms with E-state index in [4.69, 9.17) is 11.6 Å². The summed E-state index contributed by atoms with van der Waals surface area (Å²) in [5.41, 5.74) is 0.409. The molecule has 0 radical (unpaired) electrons. The summed E-state index contributed by atoms with van der Waals surface area (Å²) in [5.74, 6) is 0.0298. The first-order valence-electron chi connectivity index (χ1n) is 8.43. The maximum atomic E-state index is 13.0. The van der Waals surface area contributed by atoms with Gasteiger partial charge in [0.2, 0.25) is 14.9 Å². The SMILES string of the molecule is CC1CCN(C(=O)C2=NN(C(C)C)c3cc(Cl)ccc3S2(=O)=O)CC1. The second-order valence-corrected chi connectivity index (χ2v) is 9.20. The topological polar surface area (TPSA) is 70.1 Å². The zero-order valence-electron chi connectivity index (χ0n) is 14.6. The number of rotatable bonds is 2. The van der Waals surface area contributed by atoms with Crippen LogP contribution in [0.1, 0.15) is 33.6 Å². The van der Waals surface area contributed by atoms with Crippen LogP contribution < -0.4 is 5.01 Å². The van der Waals surface area contributed by atoms with Crippen molar-refractivity contribution < 1.29 is 13.2 Å². The normalized spacial score (nSPS) is 20.4. The van der Waals surface area contributed by atoms with Gasteiger partial charge in [0.15, 0.2) is 0 Å². The lowest BCUT2D eigenvalue weighted by molar-refractivity contribution is -0.125. The first-order valence-corrected chi connectivity index (χ1v) is 10.3. The molecule has 0 bridgehead atoms. The number of carbonyl (C=O) groups is 1. The van der Waals surface area contributed by atoms with Gasteiger partial charge >= 0.3 is 0 Å². The predicted octanol–water partition coefficient (Wildman–Crippen LogP) is 2.91. The van der Waals surface area contributed by atoms with E-state index in [0.29, 0.717) is 29.7 Å². The van der Waals surface area contributed by atoms with Crippen molar-refractivity contribution in [2.24, 2.45) is 11.0 Å². The van der Waals surface area contributed by atoms with Crippen molar-refractivity contribution in [3.05, 3.63) is 23.2 Å². The third kappa shape index (κ3) is 3.27. The van der Waals surface area contributed by atoms with E-state index in [-0.39, 0.29) is 10.9 Å². The van der Waals surface area contributed by atoms with Crippen LogP contribution in [-0.2, 0) is 14.6 Å². The maximum absolute atomic E-state index is 13.0. The zero-order valence-corrected chi connectivity index (χ0v) is 16.1. The van der Waals surface area contributed by atoms with E-state index in [1.54, 1.807) is 16.0 Å². The third-order valence-electron chi connectivity index (χ3n) is 4.65. The number of fused-ring (bicyclic) bond motifs is 1. The van der Waals surface area contributed by atoms with Crippen LogP contribution in [0.2, 0.25) is 5.02 Å². The number of nitrogens with zero attached hydrogens (tertiary/aromatic N) is 3. The van der Waals surface area contributed by atoms with Gasteiger partial charge in [-0.25, -0.2) is 8.42 Å². The molecule has 136 valence electrons. The van der Waals surface area contributed by atoms with E-state index in [1.807, 2.05) is 13.8 Å². The first kappa shape index (κ1) is 18.2. The molecule has 25 heavy (non-hydrogen) atoms. The lowest BCUT2D eigenvalue weighted by Crippen LogP contribution is -2.47. The van der Waals surface area contributed by atoms with Gasteiger partial charge < -0.3 is 4.90 Å². The summed E-state index contributed by atoms with van der Waals surface area (Å²) >= 11 is 6.03. The molecule has 1 saturated heterocycles. The molecule has 2 aliphatic heterocycles. The summed E-state index contributed by atoms with van der Waals surface area (Å²) in [5, 5.41) is 5.81. The molecular weight excluding hydrogens is 362 g/mol. The fraction of sp³-hybridized carbons (Fsp3) is 0.529. The second kappa shape index (κ2) is 6.61. The Hall–Kier alpha value is -1.60. The summed E-state index contributed by atoms with van der Waals surface area (Å²) in [6.07, 6.45) is 1.75. The quantitative estimate of drug-likeness (QED) is 0.787. The first-order chi connectivity index (χ1) is 11.7. The molecule has 2 heterocycles. The molecule has 0 aliphatic carbocycles. The number of hydrazone groups is 1. The van der Waals surface area contributed by atoms with Gasteiger partial charge in [-0.3, -0.25) is 9.80 Å². The smallest absolute Gasteiger partial charge is 0.286 e. The number of halogens is 1. The molecule has 0 spiro atoms. The molecule has 0 unspecified atom stereocenters. The predicted molar refractivity (Wildman–Crippen MR) is 98.7 cm³/mol. The Morgan fingerprint density at radius 3 is 2.52 bits per heavy atom. The number of piperidine rings is 1. The van der Waals surface area contributed by atoms with Crippen LogP contribution in [0.4, 0.5) is 5.69 Å². The van der Waals surface area contributed by atoms with Crippen LogP contribution in [0.15, 0.2) is 28.2 Å². The number of hydrogen-bond acceptors (Lipinski definition) is 5. The molecule has 0 saturated carbocycles. The van der Waals surface area contributed by atoms with Crippen LogP contribution in [0.25, 0.3) is 0 Å².